The molecule has 0 aliphatic carbocycles. The molecule has 1 aromatic heterocycles. The molecule has 4 rings (SSSR count). The molecule has 0 atom stereocenters. The molecule has 0 amide bonds. The summed E-state index contributed by atoms with van der Waals surface area (Å²) in [6.07, 6.45) is -2.79. The number of alkyl halides is 3. The summed E-state index contributed by atoms with van der Waals surface area (Å²) in [5.74, 6) is -2.44. The van der Waals surface area contributed by atoms with Crippen LogP contribution in [-0.2, 0) is 6.18 Å². The number of hydrogen-bond donors (Lipinski definition) is 1. The Labute approximate surface area is 196 Å². The summed E-state index contributed by atoms with van der Waals surface area (Å²) >= 11 is 1.51. The number of benzene rings is 3. The first-order valence-corrected chi connectivity index (χ1v) is 11.1. The predicted octanol–water partition coefficient (Wildman–Crippen LogP) is 7.06. The van der Waals surface area contributed by atoms with Crippen LogP contribution in [0.5, 0.6) is 0 Å². The van der Waals surface area contributed by atoms with Gasteiger partial charge in [-0.25, -0.2) is 19.2 Å². The molecule has 0 fully saturated rings. The second-order valence-electron chi connectivity index (χ2n) is 7.27. The molecule has 9 heteroatoms. The van der Waals surface area contributed by atoms with Crippen molar-refractivity contribution in [3.8, 4) is 33.8 Å². The van der Waals surface area contributed by atoms with Crippen molar-refractivity contribution < 1.29 is 27.5 Å². The minimum absolute atomic E-state index is 0.116. The summed E-state index contributed by atoms with van der Waals surface area (Å²) in [6.45, 7) is 0. The van der Waals surface area contributed by atoms with E-state index in [1.54, 1.807) is 42.5 Å². The van der Waals surface area contributed by atoms with Gasteiger partial charge in [0.2, 0.25) is 0 Å². The van der Waals surface area contributed by atoms with Gasteiger partial charge in [0.15, 0.2) is 5.82 Å². The number of carboxylic acids is 1. The number of thioether (sulfide) groups is 1. The van der Waals surface area contributed by atoms with Crippen LogP contribution in [0.2, 0.25) is 0 Å². The topological polar surface area (TPSA) is 63.1 Å². The van der Waals surface area contributed by atoms with E-state index in [4.69, 9.17) is 0 Å². The van der Waals surface area contributed by atoms with Gasteiger partial charge in [-0.05, 0) is 53.8 Å². The van der Waals surface area contributed by atoms with E-state index in [2.05, 4.69) is 9.97 Å². The van der Waals surface area contributed by atoms with Crippen molar-refractivity contribution in [3.63, 3.8) is 0 Å². The lowest BCUT2D eigenvalue weighted by molar-refractivity contribution is -0.141. The smallest absolute Gasteiger partial charge is 0.433 e. The van der Waals surface area contributed by atoms with Crippen LogP contribution in [0.3, 0.4) is 0 Å². The van der Waals surface area contributed by atoms with Gasteiger partial charge in [0, 0.05) is 16.0 Å². The van der Waals surface area contributed by atoms with E-state index in [9.17, 15) is 27.5 Å². The number of halogens is 4. The van der Waals surface area contributed by atoms with Crippen molar-refractivity contribution in [2.45, 2.75) is 11.1 Å². The van der Waals surface area contributed by atoms with Crippen LogP contribution in [0, 0.1) is 5.82 Å². The van der Waals surface area contributed by atoms with Crippen molar-refractivity contribution in [2.24, 2.45) is 0 Å². The second kappa shape index (κ2) is 9.26. The van der Waals surface area contributed by atoms with Crippen LogP contribution < -0.4 is 0 Å². The highest BCUT2D eigenvalue weighted by Crippen LogP contribution is 2.34. The van der Waals surface area contributed by atoms with Crippen LogP contribution in [0.4, 0.5) is 17.6 Å². The zero-order valence-electron chi connectivity index (χ0n) is 17.6. The summed E-state index contributed by atoms with van der Waals surface area (Å²) in [5, 5.41) is 9.18. The third kappa shape index (κ3) is 4.94. The van der Waals surface area contributed by atoms with E-state index in [1.807, 2.05) is 6.26 Å². The lowest BCUT2D eigenvalue weighted by atomic mass is 10.0. The molecular formula is C25H16F4N2O2S. The third-order valence-electron chi connectivity index (χ3n) is 5.05. The number of hydrogen-bond acceptors (Lipinski definition) is 4. The largest absolute Gasteiger partial charge is 0.478 e. The van der Waals surface area contributed by atoms with Crippen molar-refractivity contribution in [1.82, 2.24) is 9.97 Å². The molecule has 34 heavy (non-hydrogen) atoms. The Morgan fingerprint density at radius 2 is 1.50 bits per heavy atom. The van der Waals surface area contributed by atoms with Crippen LogP contribution in [-0.4, -0.2) is 27.3 Å². The standard InChI is InChI=1S/C25H16F4N2O2S/c1-34-18-8-5-14(6-9-18)21-13-22(25(27,28)29)31-23(30-21)17-4-2-3-15(11-17)16-7-10-20(26)19(12-16)24(32)33/h2-13H,1H3,(H,32,33). The van der Waals surface area contributed by atoms with E-state index >= 15 is 0 Å². The highest BCUT2D eigenvalue weighted by molar-refractivity contribution is 7.98. The number of aromatic carboxylic acids is 1. The molecule has 0 unspecified atom stereocenters. The fraction of sp³-hybridized carbons (Fsp3) is 0.0800. The highest BCUT2D eigenvalue weighted by atomic mass is 32.2. The van der Waals surface area contributed by atoms with E-state index in [-0.39, 0.29) is 11.5 Å². The molecule has 3 aromatic carbocycles. The Morgan fingerprint density at radius 3 is 2.15 bits per heavy atom. The van der Waals surface area contributed by atoms with Crippen LogP contribution >= 0.6 is 11.8 Å². The minimum Gasteiger partial charge on any atom is -0.478 e. The van der Waals surface area contributed by atoms with Crippen molar-refractivity contribution in [1.29, 1.82) is 0 Å². The Bertz CT molecular complexity index is 1370. The fourth-order valence-electron chi connectivity index (χ4n) is 3.34. The number of carbonyl (C=O) groups is 1. The van der Waals surface area contributed by atoms with Crippen molar-refractivity contribution in [3.05, 3.63) is 89.9 Å². The molecule has 0 saturated carbocycles. The fourth-order valence-corrected chi connectivity index (χ4v) is 3.75. The lowest BCUT2D eigenvalue weighted by Crippen LogP contribution is -2.10. The number of aromatic nitrogens is 2. The first kappa shape index (κ1) is 23.4. The highest BCUT2D eigenvalue weighted by Gasteiger charge is 2.34. The average Bonchev–Trinajstić information content (AvgIpc) is 2.83. The van der Waals surface area contributed by atoms with Gasteiger partial charge in [-0.2, -0.15) is 13.2 Å². The molecule has 1 N–H and O–H groups in total. The summed E-state index contributed by atoms with van der Waals surface area (Å²) in [7, 11) is 0. The molecule has 0 bridgehead atoms. The average molecular weight is 484 g/mol. The maximum Gasteiger partial charge on any atom is 0.433 e. The van der Waals surface area contributed by atoms with Crippen molar-refractivity contribution in [2.75, 3.05) is 6.26 Å². The predicted molar refractivity (Wildman–Crippen MR) is 122 cm³/mol. The summed E-state index contributed by atoms with van der Waals surface area (Å²) in [6, 6.07) is 17.8. The SMILES string of the molecule is CSc1ccc(-c2cc(C(F)(F)F)nc(-c3cccc(-c4ccc(F)c(C(=O)O)c4)c3)n2)cc1. The molecule has 0 saturated heterocycles. The Morgan fingerprint density at radius 1 is 0.853 bits per heavy atom. The summed E-state index contributed by atoms with van der Waals surface area (Å²) in [5.41, 5.74) is 0.202. The van der Waals surface area contributed by atoms with Crippen LogP contribution in [0.25, 0.3) is 33.8 Å². The maximum absolute atomic E-state index is 13.8. The molecule has 0 radical (unpaired) electrons. The summed E-state index contributed by atoms with van der Waals surface area (Å²) in [4.78, 5) is 20.3. The third-order valence-corrected chi connectivity index (χ3v) is 5.80. The van der Waals surface area contributed by atoms with Crippen molar-refractivity contribution >= 4 is 17.7 Å². The number of carboxylic acid groups (broad SMARTS) is 1. The Balaban J connectivity index is 1.83. The van der Waals surface area contributed by atoms with Gasteiger partial charge < -0.3 is 5.11 Å². The first-order chi connectivity index (χ1) is 16.2. The molecular weight excluding hydrogens is 468 g/mol. The van der Waals surface area contributed by atoms with Gasteiger partial charge in [-0.15, -0.1) is 11.8 Å². The van der Waals surface area contributed by atoms with Crippen LogP contribution in [0.15, 0.2) is 77.7 Å². The van der Waals surface area contributed by atoms with E-state index in [1.165, 1.54) is 30.0 Å². The monoisotopic (exact) mass is 484 g/mol. The Kier molecular flexibility index (Phi) is 6.39. The zero-order valence-corrected chi connectivity index (χ0v) is 18.4. The molecule has 172 valence electrons. The van der Waals surface area contributed by atoms with Crippen LogP contribution in [0.1, 0.15) is 16.1 Å². The lowest BCUT2D eigenvalue weighted by Gasteiger charge is -2.12. The Hall–Kier alpha value is -3.72. The molecule has 1 heterocycles. The molecule has 0 aliphatic heterocycles. The first-order valence-electron chi connectivity index (χ1n) is 9.90. The number of nitrogens with zero attached hydrogens (tertiary/aromatic N) is 2. The minimum atomic E-state index is -4.68. The molecule has 0 aliphatic rings. The normalized spacial score (nSPS) is 11.4. The zero-order chi connectivity index (χ0) is 24.5. The molecule has 4 nitrogen and oxygen atoms in total. The summed E-state index contributed by atoms with van der Waals surface area (Å²) < 4.78 is 54.6. The quantitative estimate of drug-likeness (QED) is 0.243. The van der Waals surface area contributed by atoms with E-state index in [0.29, 0.717) is 22.3 Å². The maximum atomic E-state index is 13.8. The van der Waals surface area contributed by atoms with Gasteiger partial charge in [-0.3, -0.25) is 0 Å². The number of rotatable bonds is 5. The molecule has 0 spiro atoms. The van der Waals surface area contributed by atoms with E-state index < -0.39 is 29.2 Å². The second-order valence-corrected chi connectivity index (χ2v) is 8.15. The van der Waals surface area contributed by atoms with Gasteiger partial charge in [-0.1, -0.05) is 36.4 Å². The van der Waals surface area contributed by atoms with Gasteiger partial charge in [0.05, 0.1) is 11.3 Å². The van der Waals surface area contributed by atoms with E-state index in [0.717, 1.165) is 17.0 Å². The molecule has 4 aromatic rings. The van der Waals surface area contributed by atoms with Gasteiger partial charge >= 0.3 is 12.1 Å². The van der Waals surface area contributed by atoms with Gasteiger partial charge in [0.1, 0.15) is 11.5 Å². The van der Waals surface area contributed by atoms with Gasteiger partial charge in [0.25, 0.3) is 0 Å².